The first-order valence-electron chi connectivity index (χ1n) is 11.2. The van der Waals surface area contributed by atoms with Crippen molar-refractivity contribution in [3.8, 4) is 5.75 Å². The number of carbonyl (C=O) groups excluding carboxylic acids is 1. The van der Waals surface area contributed by atoms with E-state index in [2.05, 4.69) is 60.7 Å². The highest BCUT2D eigenvalue weighted by Gasteiger charge is 2.22. The molecule has 0 saturated heterocycles. The lowest BCUT2D eigenvalue weighted by atomic mass is 9.78. The molecule has 4 aromatic rings. The molecule has 2 aromatic carbocycles. The fourth-order valence-electron chi connectivity index (χ4n) is 3.69. The molecule has 7 heteroatoms. The molecular formula is C27H28ClN3O3. The number of hydrogen-bond acceptors (Lipinski definition) is 4. The van der Waals surface area contributed by atoms with Gasteiger partial charge in [0.2, 0.25) is 0 Å². The number of aryl methyl sites for hydroxylation is 1. The van der Waals surface area contributed by atoms with Crippen LogP contribution in [0, 0.1) is 0 Å². The summed E-state index contributed by atoms with van der Waals surface area (Å²) >= 11 is 6.15. The summed E-state index contributed by atoms with van der Waals surface area (Å²) in [6.07, 6.45) is 1.74. The molecule has 0 aliphatic heterocycles. The third kappa shape index (κ3) is 5.34. The van der Waals surface area contributed by atoms with Crippen molar-refractivity contribution in [3.05, 3.63) is 106 Å². The first-order chi connectivity index (χ1) is 16.4. The zero-order valence-corrected chi connectivity index (χ0v) is 20.3. The Kier molecular flexibility index (Phi) is 7.08. The number of ether oxygens (including phenoxy) is 1. The van der Waals surface area contributed by atoms with Crippen molar-refractivity contribution in [3.63, 3.8) is 0 Å². The minimum atomic E-state index is -0.333. The van der Waals surface area contributed by atoms with E-state index in [1.54, 1.807) is 23.0 Å². The molecule has 0 radical (unpaired) electrons. The quantitative estimate of drug-likeness (QED) is 0.321. The number of aromatic nitrogens is 2. The summed E-state index contributed by atoms with van der Waals surface area (Å²) in [6.45, 7) is 7.54. The summed E-state index contributed by atoms with van der Waals surface area (Å²) in [5.41, 5.74) is 2.96. The molecule has 1 N–H and O–H groups in total. The van der Waals surface area contributed by atoms with Crippen LogP contribution in [0.2, 0.25) is 5.02 Å². The van der Waals surface area contributed by atoms with Crippen LogP contribution in [0.3, 0.4) is 0 Å². The SMILES string of the molecule is CCn1cc(Cl)c(CNC(=O)c2ccc(COc3ccc(C(C)(C)c4ccccc4)cc3)o2)n1. The zero-order valence-electron chi connectivity index (χ0n) is 19.5. The van der Waals surface area contributed by atoms with Gasteiger partial charge in [0.1, 0.15) is 23.8 Å². The molecule has 0 spiro atoms. The summed E-state index contributed by atoms with van der Waals surface area (Å²) in [6, 6.07) is 21.9. The van der Waals surface area contributed by atoms with Gasteiger partial charge in [-0.15, -0.1) is 0 Å². The maximum atomic E-state index is 12.4. The maximum absolute atomic E-state index is 12.4. The van der Waals surface area contributed by atoms with Crippen molar-refractivity contribution in [1.82, 2.24) is 15.1 Å². The molecule has 34 heavy (non-hydrogen) atoms. The lowest BCUT2D eigenvalue weighted by molar-refractivity contribution is 0.0918. The van der Waals surface area contributed by atoms with E-state index in [0.29, 0.717) is 23.0 Å². The van der Waals surface area contributed by atoms with Crippen molar-refractivity contribution in [2.75, 3.05) is 0 Å². The van der Waals surface area contributed by atoms with E-state index in [9.17, 15) is 4.79 Å². The van der Waals surface area contributed by atoms with Crippen LogP contribution in [0.15, 0.2) is 77.3 Å². The van der Waals surface area contributed by atoms with Gasteiger partial charge in [-0.3, -0.25) is 9.48 Å². The Morgan fingerprint density at radius 3 is 2.44 bits per heavy atom. The fraction of sp³-hybridized carbons (Fsp3) is 0.259. The minimum Gasteiger partial charge on any atom is -0.486 e. The Bertz CT molecular complexity index is 1240. The van der Waals surface area contributed by atoms with Crippen LogP contribution in [0.25, 0.3) is 0 Å². The van der Waals surface area contributed by atoms with E-state index in [-0.39, 0.29) is 30.2 Å². The summed E-state index contributed by atoms with van der Waals surface area (Å²) in [4.78, 5) is 12.4. The van der Waals surface area contributed by atoms with E-state index >= 15 is 0 Å². The van der Waals surface area contributed by atoms with Gasteiger partial charge in [-0.2, -0.15) is 5.10 Å². The highest BCUT2D eigenvalue weighted by Crippen LogP contribution is 2.32. The molecule has 4 rings (SSSR count). The molecule has 0 bridgehead atoms. The number of benzene rings is 2. The number of amides is 1. The molecule has 2 heterocycles. The largest absolute Gasteiger partial charge is 0.486 e. The summed E-state index contributed by atoms with van der Waals surface area (Å²) in [7, 11) is 0. The molecule has 0 saturated carbocycles. The average Bonchev–Trinajstić information content (AvgIpc) is 3.48. The number of furan rings is 1. The molecule has 0 fully saturated rings. The van der Waals surface area contributed by atoms with Crippen molar-refractivity contribution < 1.29 is 13.9 Å². The van der Waals surface area contributed by atoms with E-state index in [4.69, 9.17) is 20.8 Å². The number of halogens is 1. The van der Waals surface area contributed by atoms with Gasteiger partial charge >= 0.3 is 0 Å². The lowest BCUT2D eigenvalue weighted by Crippen LogP contribution is -2.22. The molecule has 6 nitrogen and oxygen atoms in total. The predicted octanol–water partition coefficient (Wildman–Crippen LogP) is 5.98. The van der Waals surface area contributed by atoms with Gasteiger partial charge < -0.3 is 14.5 Å². The number of hydrogen-bond donors (Lipinski definition) is 1. The monoisotopic (exact) mass is 477 g/mol. The molecule has 0 atom stereocenters. The van der Waals surface area contributed by atoms with E-state index in [1.165, 1.54) is 11.1 Å². The van der Waals surface area contributed by atoms with Gasteiger partial charge in [-0.25, -0.2) is 0 Å². The molecule has 1 amide bonds. The van der Waals surface area contributed by atoms with Gasteiger partial charge in [-0.05, 0) is 42.3 Å². The topological polar surface area (TPSA) is 69.3 Å². The molecular weight excluding hydrogens is 450 g/mol. The standard InChI is InChI=1S/C27H28ClN3O3/c1-4-31-17-23(28)24(30-31)16-29-26(32)25-15-14-22(34-25)18-33-21-12-10-20(11-13-21)27(2,3)19-8-6-5-7-9-19/h5-15,17H,4,16,18H2,1-3H3,(H,29,32). The van der Waals surface area contributed by atoms with Crippen LogP contribution in [0.5, 0.6) is 5.75 Å². The van der Waals surface area contributed by atoms with E-state index in [1.807, 2.05) is 25.1 Å². The van der Waals surface area contributed by atoms with Gasteiger partial charge in [0.05, 0.1) is 11.6 Å². The predicted molar refractivity (Wildman–Crippen MR) is 132 cm³/mol. The Morgan fingerprint density at radius 1 is 1.06 bits per heavy atom. The number of nitrogens with zero attached hydrogens (tertiary/aromatic N) is 2. The van der Waals surface area contributed by atoms with Crippen LogP contribution in [0.4, 0.5) is 0 Å². The van der Waals surface area contributed by atoms with Crippen molar-refractivity contribution in [2.24, 2.45) is 0 Å². The Labute approximate surface area is 204 Å². The Balaban J connectivity index is 1.32. The number of nitrogens with one attached hydrogen (secondary N) is 1. The van der Waals surface area contributed by atoms with E-state index < -0.39 is 0 Å². The first kappa shape index (κ1) is 23.6. The number of rotatable bonds is 9. The van der Waals surface area contributed by atoms with Gasteiger partial charge in [-0.1, -0.05) is 67.9 Å². The van der Waals surface area contributed by atoms with Crippen molar-refractivity contribution in [2.45, 2.75) is 45.9 Å². The summed E-state index contributed by atoms with van der Waals surface area (Å²) in [5.74, 6) is 1.17. The second kappa shape index (κ2) is 10.2. The summed E-state index contributed by atoms with van der Waals surface area (Å²) in [5, 5.41) is 7.62. The third-order valence-corrected chi connectivity index (χ3v) is 6.18. The highest BCUT2D eigenvalue weighted by atomic mass is 35.5. The lowest BCUT2D eigenvalue weighted by Gasteiger charge is -2.26. The smallest absolute Gasteiger partial charge is 0.287 e. The molecule has 176 valence electrons. The third-order valence-electron chi connectivity index (χ3n) is 5.87. The molecule has 0 aliphatic rings. The van der Waals surface area contributed by atoms with Crippen LogP contribution in [0.1, 0.15) is 53.9 Å². The second-order valence-corrected chi connectivity index (χ2v) is 8.94. The Hall–Kier alpha value is -3.51. The molecule has 0 aliphatic carbocycles. The first-order valence-corrected chi connectivity index (χ1v) is 11.6. The van der Waals surface area contributed by atoms with Crippen LogP contribution in [-0.2, 0) is 25.1 Å². The van der Waals surface area contributed by atoms with Gasteiger partial charge in [0.25, 0.3) is 5.91 Å². The summed E-state index contributed by atoms with van der Waals surface area (Å²) < 4.78 is 13.2. The van der Waals surface area contributed by atoms with Crippen molar-refractivity contribution in [1.29, 1.82) is 0 Å². The number of carbonyl (C=O) groups is 1. The second-order valence-electron chi connectivity index (χ2n) is 8.53. The zero-order chi connectivity index (χ0) is 24.1. The average molecular weight is 478 g/mol. The fourth-order valence-corrected chi connectivity index (χ4v) is 3.91. The minimum absolute atomic E-state index is 0.109. The van der Waals surface area contributed by atoms with E-state index in [0.717, 1.165) is 5.75 Å². The normalized spacial score (nSPS) is 11.4. The van der Waals surface area contributed by atoms with Crippen molar-refractivity contribution >= 4 is 17.5 Å². The van der Waals surface area contributed by atoms with Crippen LogP contribution in [-0.4, -0.2) is 15.7 Å². The van der Waals surface area contributed by atoms with Crippen LogP contribution < -0.4 is 10.1 Å². The Morgan fingerprint density at radius 2 is 1.76 bits per heavy atom. The molecule has 0 unspecified atom stereocenters. The maximum Gasteiger partial charge on any atom is 0.287 e. The van der Waals surface area contributed by atoms with Crippen LogP contribution >= 0.6 is 11.6 Å². The van der Waals surface area contributed by atoms with Gasteiger partial charge in [0, 0.05) is 18.2 Å². The highest BCUT2D eigenvalue weighted by molar-refractivity contribution is 6.31. The molecule has 2 aromatic heterocycles. The van der Waals surface area contributed by atoms with Gasteiger partial charge in [0.15, 0.2) is 5.76 Å².